The number of aromatic nitrogens is 1. The highest BCUT2D eigenvalue weighted by Crippen LogP contribution is 2.21. The SMILES string of the molecule is CC#CCN1CC(Cc2cccnc2OC)N=C1N1CCNCC1. The van der Waals surface area contributed by atoms with Crippen molar-refractivity contribution in [1.82, 2.24) is 20.1 Å². The Bertz CT molecular complexity index is 642. The van der Waals surface area contributed by atoms with E-state index in [1.54, 1.807) is 13.3 Å². The first kappa shape index (κ1) is 16.6. The van der Waals surface area contributed by atoms with Crippen molar-refractivity contribution in [2.45, 2.75) is 19.4 Å². The highest BCUT2D eigenvalue weighted by molar-refractivity contribution is 5.82. The van der Waals surface area contributed by atoms with Gasteiger partial charge in [-0.3, -0.25) is 0 Å². The van der Waals surface area contributed by atoms with Crippen molar-refractivity contribution in [1.29, 1.82) is 0 Å². The fourth-order valence-corrected chi connectivity index (χ4v) is 3.21. The molecular weight excluding hydrogens is 302 g/mol. The van der Waals surface area contributed by atoms with Crippen LogP contribution in [-0.2, 0) is 6.42 Å². The van der Waals surface area contributed by atoms with Crippen LogP contribution in [0.2, 0.25) is 0 Å². The fraction of sp³-hybridized carbons (Fsp3) is 0.556. The van der Waals surface area contributed by atoms with Gasteiger partial charge in [0.2, 0.25) is 5.88 Å². The van der Waals surface area contributed by atoms with E-state index >= 15 is 0 Å². The van der Waals surface area contributed by atoms with Crippen LogP contribution < -0.4 is 10.1 Å². The van der Waals surface area contributed by atoms with Crippen molar-refractivity contribution in [2.75, 3.05) is 46.4 Å². The molecule has 3 heterocycles. The van der Waals surface area contributed by atoms with Crippen LogP contribution in [0.25, 0.3) is 0 Å². The summed E-state index contributed by atoms with van der Waals surface area (Å²) in [6.07, 6.45) is 2.60. The van der Waals surface area contributed by atoms with Gasteiger partial charge >= 0.3 is 0 Å². The Hall–Kier alpha value is -2.26. The predicted molar refractivity (Wildman–Crippen MR) is 95.2 cm³/mol. The number of hydrogen-bond acceptors (Lipinski definition) is 6. The van der Waals surface area contributed by atoms with Gasteiger partial charge in [-0.15, -0.1) is 5.92 Å². The molecule has 24 heavy (non-hydrogen) atoms. The number of hydrogen-bond donors (Lipinski definition) is 1. The van der Waals surface area contributed by atoms with E-state index in [2.05, 4.69) is 38.0 Å². The first-order chi connectivity index (χ1) is 11.8. The van der Waals surface area contributed by atoms with E-state index in [9.17, 15) is 0 Å². The van der Waals surface area contributed by atoms with Gasteiger partial charge in [0, 0.05) is 50.9 Å². The first-order valence-corrected chi connectivity index (χ1v) is 8.47. The number of piperazine rings is 1. The number of nitrogens with one attached hydrogen (secondary N) is 1. The lowest BCUT2D eigenvalue weighted by molar-refractivity contribution is 0.313. The number of rotatable bonds is 4. The normalized spacial score (nSPS) is 20.4. The molecule has 128 valence electrons. The number of ether oxygens (including phenoxy) is 1. The van der Waals surface area contributed by atoms with Gasteiger partial charge in [0.05, 0.1) is 19.7 Å². The molecule has 0 bridgehead atoms. The Kier molecular flexibility index (Phi) is 5.55. The summed E-state index contributed by atoms with van der Waals surface area (Å²) < 4.78 is 5.38. The maximum Gasteiger partial charge on any atom is 0.216 e. The standard InChI is InChI=1S/C18H25N5O/c1-3-4-10-23-14-16(13-15-6-5-7-20-17(15)24-2)21-18(23)22-11-8-19-9-12-22/h5-7,16,19H,8-14H2,1-2H3. The van der Waals surface area contributed by atoms with Crippen LogP contribution in [-0.4, -0.2) is 73.2 Å². The fourth-order valence-electron chi connectivity index (χ4n) is 3.21. The molecule has 1 N–H and O–H groups in total. The zero-order chi connectivity index (χ0) is 16.8. The van der Waals surface area contributed by atoms with Crippen LogP contribution in [0.3, 0.4) is 0 Å². The second-order valence-corrected chi connectivity index (χ2v) is 6.00. The summed E-state index contributed by atoms with van der Waals surface area (Å²) >= 11 is 0. The van der Waals surface area contributed by atoms with E-state index in [1.165, 1.54) is 0 Å². The van der Waals surface area contributed by atoms with Gasteiger partial charge in [-0.05, 0) is 13.0 Å². The minimum atomic E-state index is 0.214. The van der Waals surface area contributed by atoms with E-state index in [0.717, 1.165) is 57.2 Å². The van der Waals surface area contributed by atoms with Crippen LogP contribution in [0.5, 0.6) is 5.88 Å². The average molecular weight is 327 g/mol. The third kappa shape index (κ3) is 3.80. The Morgan fingerprint density at radius 1 is 1.38 bits per heavy atom. The number of nitrogens with zero attached hydrogens (tertiary/aromatic N) is 4. The minimum Gasteiger partial charge on any atom is -0.481 e. The Labute approximate surface area is 143 Å². The number of methoxy groups -OCH3 is 1. The molecular formula is C18H25N5O. The van der Waals surface area contributed by atoms with E-state index in [4.69, 9.17) is 9.73 Å². The quantitative estimate of drug-likeness (QED) is 0.821. The molecule has 1 atom stereocenters. The van der Waals surface area contributed by atoms with Gasteiger partial charge in [-0.2, -0.15) is 0 Å². The maximum atomic E-state index is 5.38. The number of pyridine rings is 1. The smallest absolute Gasteiger partial charge is 0.216 e. The lowest BCUT2D eigenvalue weighted by atomic mass is 10.1. The highest BCUT2D eigenvalue weighted by atomic mass is 16.5. The molecule has 0 radical (unpaired) electrons. The second kappa shape index (κ2) is 8.02. The first-order valence-electron chi connectivity index (χ1n) is 8.47. The van der Waals surface area contributed by atoms with Gasteiger partial charge in [0.25, 0.3) is 0 Å². The van der Waals surface area contributed by atoms with Crippen molar-refractivity contribution >= 4 is 5.96 Å². The average Bonchev–Trinajstić information content (AvgIpc) is 3.04. The molecule has 6 nitrogen and oxygen atoms in total. The molecule has 0 amide bonds. The van der Waals surface area contributed by atoms with E-state index in [0.29, 0.717) is 5.88 Å². The van der Waals surface area contributed by atoms with Crippen molar-refractivity contribution in [3.8, 4) is 17.7 Å². The third-order valence-corrected chi connectivity index (χ3v) is 4.36. The van der Waals surface area contributed by atoms with Gasteiger partial charge < -0.3 is 19.9 Å². The number of aliphatic imine (C=N–C) groups is 1. The lowest BCUT2D eigenvalue weighted by Gasteiger charge is -2.33. The topological polar surface area (TPSA) is 53.0 Å². The van der Waals surface area contributed by atoms with Gasteiger partial charge in [-0.25, -0.2) is 9.98 Å². The summed E-state index contributed by atoms with van der Waals surface area (Å²) in [5.41, 5.74) is 1.11. The van der Waals surface area contributed by atoms with Gasteiger partial charge in [0.1, 0.15) is 0 Å². The van der Waals surface area contributed by atoms with Crippen molar-refractivity contribution < 1.29 is 4.74 Å². The zero-order valence-corrected chi connectivity index (χ0v) is 14.5. The van der Waals surface area contributed by atoms with Crippen LogP contribution in [0.4, 0.5) is 0 Å². The molecule has 2 aliphatic rings. The summed E-state index contributed by atoms with van der Waals surface area (Å²) in [4.78, 5) is 14.0. The minimum absolute atomic E-state index is 0.214. The molecule has 0 aliphatic carbocycles. The molecule has 0 aromatic carbocycles. The molecule has 3 rings (SSSR count). The monoisotopic (exact) mass is 327 g/mol. The zero-order valence-electron chi connectivity index (χ0n) is 14.5. The Morgan fingerprint density at radius 3 is 2.96 bits per heavy atom. The third-order valence-electron chi connectivity index (χ3n) is 4.36. The molecule has 1 unspecified atom stereocenters. The van der Waals surface area contributed by atoms with Crippen molar-refractivity contribution in [2.24, 2.45) is 4.99 Å². The van der Waals surface area contributed by atoms with Crippen LogP contribution in [0.1, 0.15) is 12.5 Å². The molecule has 0 saturated carbocycles. The second-order valence-electron chi connectivity index (χ2n) is 6.00. The summed E-state index contributed by atoms with van der Waals surface area (Å²) in [6, 6.07) is 4.24. The molecule has 1 aromatic rings. The highest BCUT2D eigenvalue weighted by Gasteiger charge is 2.29. The molecule has 1 fully saturated rings. The van der Waals surface area contributed by atoms with E-state index < -0.39 is 0 Å². The largest absolute Gasteiger partial charge is 0.481 e. The molecule has 1 aromatic heterocycles. The van der Waals surface area contributed by atoms with Crippen LogP contribution in [0, 0.1) is 11.8 Å². The molecule has 1 saturated heterocycles. The Balaban J connectivity index is 1.75. The molecule has 6 heteroatoms. The van der Waals surface area contributed by atoms with Crippen molar-refractivity contribution in [3.05, 3.63) is 23.9 Å². The van der Waals surface area contributed by atoms with E-state index in [1.807, 2.05) is 13.0 Å². The molecule has 2 aliphatic heterocycles. The summed E-state index contributed by atoms with van der Waals surface area (Å²) in [6.45, 7) is 7.53. The van der Waals surface area contributed by atoms with Crippen LogP contribution >= 0.6 is 0 Å². The maximum absolute atomic E-state index is 5.38. The predicted octanol–water partition coefficient (Wildman–Crippen LogP) is 0.601. The number of guanidine groups is 1. The van der Waals surface area contributed by atoms with Crippen LogP contribution in [0.15, 0.2) is 23.3 Å². The summed E-state index contributed by atoms with van der Waals surface area (Å²) in [7, 11) is 1.67. The summed E-state index contributed by atoms with van der Waals surface area (Å²) in [5.74, 6) is 7.96. The Morgan fingerprint density at radius 2 is 2.21 bits per heavy atom. The van der Waals surface area contributed by atoms with Gasteiger partial charge in [-0.1, -0.05) is 12.0 Å². The summed E-state index contributed by atoms with van der Waals surface area (Å²) in [5, 5.41) is 3.39. The van der Waals surface area contributed by atoms with Gasteiger partial charge in [0.15, 0.2) is 5.96 Å². The van der Waals surface area contributed by atoms with Crippen molar-refractivity contribution in [3.63, 3.8) is 0 Å². The molecule has 0 spiro atoms. The lowest BCUT2D eigenvalue weighted by Crippen LogP contribution is -2.51. The van der Waals surface area contributed by atoms with E-state index in [-0.39, 0.29) is 6.04 Å².